The van der Waals surface area contributed by atoms with Crippen LogP contribution in [-0.2, 0) is 19.6 Å². The van der Waals surface area contributed by atoms with E-state index in [2.05, 4.69) is 30.9 Å². The second-order valence-electron chi connectivity index (χ2n) is 6.89. The van der Waals surface area contributed by atoms with E-state index in [9.17, 15) is 0 Å². The maximum Gasteiger partial charge on any atom is 0.189 e. The van der Waals surface area contributed by atoms with E-state index in [4.69, 9.17) is 5.10 Å². The van der Waals surface area contributed by atoms with Crippen molar-refractivity contribution in [3.8, 4) is 0 Å². The van der Waals surface area contributed by atoms with Gasteiger partial charge in [0.2, 0.25) is 0 Å². The van der Waals surface area contributed by atoms with Crippen molar-refractivity contribution < 1.29 is 0 Å². The molecule has 0 spiro atoms. The van der Waals surface area contributed by atoms with Gasteiger partial charge in [-0.3, -0.25) is 9.58 Å². The van der Waals surface area contributed by atoms with E-state index in [0.29, 0.717) is 6.54 Å². The number of thioether (sulfide) groups is 1. The second-order valence-corrected chi connectivity index (χ2v) is 7.67. The molecule has 6 nitrogen and oxygen atoms in total. The van der Waals surface area contributed by atoms with Crippen molar-refractivity contribution in [2.45, 2.75) is 62.9 Å². The van der Waals surface area contributed by atoms with Gasteiger partial charge in [-0.1, -0.05) is 31.0 Å². The largest absolute Gasteiger partial charge is 0.364 e. The van der Waals surface area contributed by atoms with Gasteiger partial charge < -0.3 is 5.32 Å². The van der Waals surface area contributed by atoms with Gasteiger partial charge in [-0.2, -0.15) is 5.10 Å². The smallest absolute Gasteiger partial charge is 0.189 e. The van der Waals surface area contributed by atoms with Gasteiger partial charge in [-0.15, -0.1) is 0 Å². The van der Waals surface area contributed by atoms with Crippen LogP contribution >= 0.6 is 11.8 Å². The Morgan fingerprint density at radius 3 is 2.96 bits per heavy atom. The van der Waals surface area contributed by atoms with Crippen LogP contribution in [0.4, 0.5) is 5.82 Å². The van der Waals surface area contributed by atoms with Gasteiger partial charge in [0, 0.05) is 25.3 Å². The SMILES string of the molecule is CSc1nccc(NCc2cc3n(n2)CCN(C2CCCCC2)C3)n1. The molecule has 0 atom stereocenters. The summed E-state index contributed by atoms with van der Waals surface area (Å²) in [6.45, 7) is 3.89. The molecule has 0 bridgehead atoms. The predicted molar refractivity (Wildman–Crippen MR) is 101 cm³/mol. The Morgan fingerprint density at radius 1 is 1.24 bits per heavy atom. The third-order valence-corrected chi connectivity index (χ3v) is 5.80. The minimum atomic E-state index is 0.703. The Balaban J connectivity index is 1.38. The summed E-state index contributed by atoms with van der Waals surface area (Å²) in [5.74, 6) is 0.856. The Kier molecular flexibility index (Phi) is 5.22. The molecular formula is C18H26N6S. The summed E-state index contributed by atoms with van der Waals surface area (Å²) >= 11 is 1.55. The zero-order valence-electron chi connectivity index (χ0n) is 14.8. The number of nitrogens with one attached hydrogen (secondary N) is 1. The van der Waals surface area contributed by atoms with Crippen LogP contribution in [0.25, 0.3) is 0 Å². The highest BCUT2D eigenvalue weighted by Gasteiger charge is 2.25. The maximum absolute atomic E-state index is 4.77. The van der Waals surface area contributed by atoms with Crippen molar-refractivity contribution in [2.75, 3.05) is 18.1 Å². The average Bonchev–Trinajstić information content (AvgIpc) is 3.09. The van der Waals surface area contributed by atoms with Crippen LogP contribution in [0.15, 0.2) is 23.5 Å². The van der Waals surface area contributed by atoms with Crippen LogP contribution < -0.4 is 5.32 Å². The standard InChI is InChI=1S/C18H26N6S/c1-25-18-19-8-7-17(21-18)20-12-14-11-16-13-23(9-10-24(16)22-14)15-5-3-2-4-6-15/h7-8,11,15H,2-6,9-10,12-13H2,1H3,(H,19,20,21). The molecule has 2 aliphatic rings. The van der Waals surface area contributed by atoms with Gasteiger partial charge in [-0.05, 0) is 31.2 Å². The molecule has 1 fully saturated rings. The van der Waals surface area contributed by atoms with Crippen LogP contribution in [0.2, 0.25) is 0 Å². The van der Waals surface area contributed by atoms with Gasteiger partial charge in [0.25, 0.3) is 0 Å². The first-order valence-electron chi connectivity index (χ1n) is 9.22. The molecule has 4 rings (SSSR count). The lowest BCUT2D eigenvalue weighted by molar-refractivity contribution is 0.119. The minimum Gasteiger partial charge on any atom is -0.364 e. The molecule has 0 amide bonds. The molecule has 0 saturated heterocycles. The molecule has 1 aliphatic carbocycles. The van der Waals surface area contributed by atoms with E-state index in [1.807, 2.05) is 12.3 Å². The zero-order valence-corrected chi connectivity index (χ0v) is 15.6. The van der Waals surface area contributed by atoms with E-state index < -0.39 is 0 Å². The predicted octanol–water partition coefficient (Wildman–Crippen LogP) is 3.16. The minimum absolute atomic E-state index is 0.703. The molecule has 0 radical (unpaired) electrons. The summed E-state index contributed by atoms with van der Waals surface area (Å²) in [6.07, 6.45) is 10.7. The lowest BCUT2D eigenvalue weighted by Crippen LogP contribution is -2.42. The Morgan fingerprint density at radius 2 is 2.12 bits per heavy atom. The van der Waals surface area contributed by atoms with Gasteiger partial charge in [0.15, 0.2) is 5.16 Å². The molecule has 1 saturated carbocycles. The number of hydrogen-bond acceptors (Lipinski definition) is 6. The lowest BCUT2D eigenvalue weighted by Gasteiger charge is -2.36. The molecule has 0 aromatic carbocycles. The number of anilines is 1. The lowest BCUT2D eigenvalue weighted by atomic mass is 9.94. The van der Waals surface area contributed by atoms with Crippen LogP contribution in [0, 0.1) is 0 Å². The molecule has 2 aromatic heterocycles. The van der Waals surface area contributed by atoms with Gasteiger partial charge in [0.1, 0.15) is 5.82 Å². The summed E-state index contributed by atoms with van der Waals surface area (Å²) in [5.41, 5.74) is 2.44. The first-order valence-corrected chi connectivity index (χ1v) is 10.4. The molecule has 0 unspecified atom stereocenters. The summed E-state index contributed by atoms with van der Waals surface area (Å²) in [6, 6.07) is 4.93. The second kappa shape index (κ2) is 7.74. The van der Waals surface area contributed by atoms with Crippen LogP contribution in [0.3, 0.4) is 0 Å². The Hall–Kier alpha value is -1.60. The average molecular weight is 359 g/mol. The summed E-state index contributed by atoms with van der Waals surface area (Å²) in [7, 11) is 0. The quantitative estimate of drug-likeness (QED) is 0.654. The maximum atomic E-state index is 4.77. The molecular weight excluding hydrogens is 332 g/mol. The van der Waals surface area contributed by atoms with Crippen molar-refractivity contribution in [1.82, 2.24) is 24.6 Å². The molecule has 7 heteroatoms. The van der Waals surface area contributed by atoms with Crippen molar-refractivity contribution in [3.05, 3.63) is 29.7 Å². The molecule has 3 heterocycles. The van der Waals surface area contributed by atoms with Gasteiger partial charge in [0.05, 0.1) is 24.5 Å². The van der Waals surface area contributed by atoms with Gasteiger partial charge >= 0.3 is 0 Å². The third kappa shape index (κ3) is 3.98. The Labute approximate surface area is 153 Å². The normalized spacial score (nSPS) is 18.9. The summed E-state index contributed by atoms with van der Waals surface area (Å²) in [4.78, 5) is 11.3. The van der Waals surface area contributed by atoms with Crippen molar-refractivity contribution in [1.29, 1.82) is 0 Å². The van der Waals surface area contributed by atoms with Gasteiger partial charge in [-0.25, -0.2) is 9.97 Å². The fourth-order valence-corrected chi connectivity index (χ4v) is 4.27. The fraction of sp³-hybridized carbons (Fsp3) is 0.611. The summed E-state index contributed by atoms with van der Waals surface area (Å²) < 4.78 is 2.18. The van der Waals surface area contributed by atoms with E-state index in [-0.39, 0.29) is 0 Å². The monoisotopic (exact) mass is 358 g/mol. The molecule has 134 valence electrons. The third-order valence-electron chi connectivity index (χ3n) is 5.24. The molecule has 1 N–H and O–H groups in total. The van der Waals surface area contributed by atoms with E-state index in [1.54, 1.807) is 18.0 Å². The molecule has 2 aromatic rings. The fourth-order valence-electron chi connectivity index (χ4n) is 3.91. The van der Waals surface area contributed by atoms with E-state index >= 15 is 0 Å². The van der Waals surface area contributed by atoms with Crippen molar-refractivity contribution in [2.24, 2.45) is 0 Å². The number of aromatic nitrogens is 4. The highest BCUT2D eigenvalue weighted by atomic mass is 32.2. The van der Waals surface area contributed by atoms with Crippen molar-refractivity contribution >= 4 is 17.6 Å². The number of hydrogen-bond donors (Lipinski definition) is 1. The van der Waals surface area contributed by atoms with Crippen LogP contribution in [0.5, 0.6) is 0 Å². The highest BCUT2D eigenvalue weighted by Crippen LogP contribution is 2.26. The van der Waals surface area contributed by atoms with E-state index in [0.717, 1.165) is 42.3 Å². The number of nitrogens with zero attached hydrogens (tertiary/aromatic N) is 5. The zero-order chi connectivity index (χ0) is 17.1. The van der Waals surface area contributed by atoms with Crippen LogP contribution in [-0.4, -0.2) is 43.5 Å². The number of fused-ring (bicyclic) bond motifs is 1. The molecule has 25 heavy (non-hydrogen) atoms. The first-order chi connectivity index (χ1) is 12.3. The summed E-state index contributed by atoms with van der Waals surface area (Å²) in [5, 5.41) is 8.92. The Bertz CT molecular complexity index is 709. The van der Waals surface area contributed by atoms with Crippen LogP contribution in [0.1, 0.15) is 43.5 Å². The number of rotatable bonds is 5. The topological polar surface area (TPSA) is 58.9 Å². The van der Waals surface area contributed by atoms with Crippen molar-refractivity contribution in [3.63, 3.8) is 0 Å². The highest BCUT2D eigenvalue weighted by molar-refractivity contribution is 7.98. The van der Waals surface area contributed by atoms with E-state index in [1.165, 1.54) is 37.8 Å². The molecule has 1 aliphatic heterocycles. The first kappa shape index (κ1) is 16.8.